The van der Waals surface area contributed by atoms with Crippen LogP contribution in [0, 0.1) is 0 Å². The smallest absolute Gasteiger partial charge is 0.169 e. The maximum Gasteiger partial charge on any atom is 0.169 e. The van der Waals surface area contributed by atoms with Gasteiger partial charge in [0.05, 0.1) is 10.6 Å². The highest BCUT2D eigenvalue weighted by Gasteiger charge is 2.19. The summed E-state index contributed by atoms with van der Waals surface area (Å²) in [4.78, 5) is 12.7. The lowest BCUT2D eigenvalue weighted by molar-refractivity contribution is 0.238. The number of aromatic hydroxyl groups is 1. The van der Waals surface area contributed by atoms with Gasteiger partial charge in [-0.3, -0.25) is 4.90 Å². The molecule has 0 spiro atoms. The molecular weight excluding hydrogens is 306 g/mol. The Hall–Kier alpha value is -2.24. The van der Waals surface area contributed by atoms with Crippen molar-refractivity contribution in [2.24, 2.45) is 0 Å². The molecule has 0 radical (unpaired) electrons. The number of hydrogen-bond acceptors (Lipinski definition) is 5. The fourth-order valence-corrected chi connectivity index (χ4v) is 3.57. The van der Waals surface area contributed by atoms with Crippen LogP contribution in [0.2, 0.25) is 0 Å². The van der Waals surface area contributed by atoms with Crippen molar-refractivity contribution in [3.8, 4) is 16.5 Å². The normalized spacial score (nSPS) is 14.6. The second-order valence-corrected chi connectivity index (χ2v) is 6.68. The van der Waals surface area contributed by atoms with Crippen LogP contribution in [0.1, 0.15) is 16.8 Å². The van der Waals surface area contributed by atoms with E-state index in [4.69, 9.17) is 4.98 Å². The summed E-state index contributed by atoms with van der Waals surface area (Å²) >= 11 is 1.66. The Morgan fingerprint density at radius 3 is 2.91 bits per heavy atom. The second-order valence-electron chi connectivity index (χ2n) is 5.73. The van der Waals surface area contributed by atoms with Crippen LogP contribution in [0.25, 0.3) is 10.7 Å². The maximum atomic E-state index is 9.95. The van der Waals surface area contributed by atoms with Gasteiger partial charge in [0.15, 0.2) is 5.82 Å². The minimum Gasteiger partial charge on any atom is -0.508 e. The van der Waals surface area contributed by atoms with E-state index >= 15 is 0 Å². The highest BCUT2D eigenvalue weighted by Crippen LogP contribution is 2.26. The molecular formula is C18H17N3OS. The molecule has 0 saturated carbocycles. The van der Waals surface area contributed by atoms with Gasteiger partial charge in [-0.05, 0) is 29.5 Å². The van der Waals surface area contributed by atoms with Crippen molar-refractivity contribution in [1.29, 1.82) is 0 Å². The van der Waals surface area contributed by atoms with Crippen molar-refractivity contribution >= 4 is 11.3 Å². The molecule has 1 aliphatic rings. The number of aromatic nitrogens is 2. The first-order chi connectivity index (χ1) is 11.3. The molecule has 5 heteroatoms. The van der Waals surface area contributed by atoms with Gasteiger partial charge in [0.2, 0.25) is 0 Å². The number of phenolic OH excluding ortho intramolecular Hbond substituents is 1. The number of benzene rings is 1. The second kappa shape index (κ2) is 6.10. The zero-order chi connectivity index (χ0) is 15.6. The van der Waals surface area contributed by atoms with E-state index in [-0.39, 0.29) is 0 Å². The zero-order valence-corrected chi connectivity index (χ0v) is 13.5. The molecule has 4 nitrogen and oxygen atoms in total. The number of para-hydroxylation sites is 1. The molecule has 0 saturated heterocycles. The average Bonchev–Trinajstić information content (AvgIpc) is 3.11. The number of phenols is 1. The lowest BCUT2D eigenvalue weighted by Crippen LogP contribution is -2.31. The monoisotopic (exact) mass is 323 g/mol. The molecule has 116 valence electrons. The van der Waals surface area contributed by atoms with E-state index in [1.165, 1.54) is 5.56 Å². The van der Waals surface area contributed by atoms with Gasteiger partial charge in [-0.15, -0.1) is 11.3 Å². The minimum absolute atomic E-state index is 0.361. The molecule has 3 heterocycles. The summed E-state index contributed by atoms with van der Waals surface area (Å²) in [5.41, 5.74) is 3.30. The Morgan fingerprint density at radius 1 is 1.17 bits per heavy atom. The number of hydrogen-bond donors (Lipinski definition) is 1. The third-order valence-electron chi connectivity index (χ3n) is 4.15. The zero-order valence-electron chi connectivity index (χ0n) is 12.6. The van der Waals surface area contributed by atoms with Gasteiger partial charge in [-0.2, -0.15) is 0 Å². The Bertz CT molecular complexity index is 817. The molecule has 23 heavy (non-hydrogen) atoms. The third-order valence-corrected chi connectivity index (χ3v) is 5.02. The molecule has 0 amide bonds. The maximum absolute atomic E-state index is 9.95. The number of thiophene rings is 1. The lowest BCUT2D eigenvalue weighted by atomic mass is 10.1. The van der Waals surface area contributed by atoms with Crippen LogP contribution < -0.4 is 0 Å². The SMILES string of the molecule is Oc1ccccc1CN1CCc2cnc(-c3cccs3)nc2C1. The highest BCUT2D eigenvalue weighted by atomic mass is 32.1. The van der Waals surface area contributed by atoms with Crippen molar-refractivity contribution in [2.45, 2.75) is 19.5 Å². The summed E-state index contributed by atoms with van der Waals surface area (Å²) in [6, 6.07) is 11.6. The molecule has 1 N–H and O–H groups in total. The standard InChI is InChI=1S/C18H17N3OS/c22-16-5-2-1-4-14(16)11-21-8-7-13-10-19-18(20-15(13)12-21)17-6-3-9-23-17/h1-6,9-10,22H,7-8,11-12H2. The largest absolute Gasteiger partial charge is 0.508 e. The van der Waals surface area contributed by atoms with Crippen molar-refractivity contribution < 1.29 is 5.11 Å². The fraction of sp³-hybridized carbons (Fsp3) is 0.222. The number of rotatable bonds is 3. The number of fused-ring (bicyclic) bond motifs is 1. The average molecular weight is 323 g/mol. The van der Waals surface area contributed by atoms with Crippen LogP contribution >= 0.6 is 11.3 Å². The first-order valence-corrected chi connectivity index (χ1v) is 8.55. The molecule has 0 aliphatic carbocycles. The van der Waals surface area contributed by atoms with E-state index in [0.717, 1.165) is 48.0 Å². The first kappa shape index (κ1) is 14.4. The molecule has 0 unspecified atom stereocenters. The molecule has 4 rings (SSSR count). The van der Waals surface area contributed by atoms with E-state index in [1.807, 2.05) is 35.8 Å². The van der Waals surface area contributed by atoms with Crippen molar-refractivity contribution in [2.75, 3.05) is 6.54 Å². The van der Waals surface area contributed by atoms with Crippen LogP contribution in [-0.2, 0) is 19.5 Å². The van der Waals surface area contributed by atoms with E-state index in [2.05, 4.69) is 16.0 Å². The summed E-state index contributed by atoms with van der Waals surface area (Å²) in [6.07, 6.45) is 2.92. The van der Waals surface area contributed by atoms with Crippen LogP contribution in [0.15, 0.2) is 48.0 Å². The number of nitrogens with zero attached hydrogens (tertiary/aromatic N) is 3. The predicted molar refractivity (Wildman–Crippen MR) is 91.3 cm³/mol. The van der Waals surface area contributed by atoms with Crippen LogP contribution in [-0.4, -0.2) is 26.5 Å². The third kappa shape index (κ3) is 2.98. The van der Waals surface area contributed by atoms with E-state index in [1.54, 1.807) is 17.4 Å². The van der Waals surface area contributed by atoms with Crippen molar-refractivity contribution in [3.63, 3.8) is 0 Å². The van der Waals surface area contributed by atoms with Crippen molar-refractivity contribution in [1.82, 2.24) is 14.9 Å². The minimum atomic E-state index is 0.361. The van der Waals surface area contributed by atoms with E-state index in [0.29, 0.717) is 5.75 Å². The summed E-state index contributed by atoms with van der Waals surface area (Å²) in [7, 11) is 0. The Morgan fingerprint density at radius 2 is 2.09 bits per heavy atom. The molecule has 3 aromatic rings. The Kier molecular flexibility index (Phi) is 3.81. The summed E-state index contributed by atoms with van der Waals surface area (Å²) in [5, 5.41) is 12.0. The van der Waals surface area contributed by atoms with E-state index < -0.39 is 0 Å². The first-order valence-electron chi connectivity index (χ1n) is 7.67. The van der Waals surface area contributed by atoms with Gasteiger partial charge in [-0.25, -0.2) is 9.97 Å². The summed E-state index contributed by atoms with van der Waals surface area (Å²) < 4.78 is 0. The van der Waals surface area contributed by atoms with E-state index in [9.17, 15) is 5.11 Å². The van der Waals surface area contributed by atoms with Gasteiger partial charge in [0.1, 0.15) is 5.75 Å². The molecule has 1 aromatic carbocycles. The van der Waals surface area contributed by atoms with Crippen molar-refractivity contribution in [3.05, 3.63) is 64.8 Å². The molecule has 2 aromatic heterocycles. The Balaban J connectivity index is 1.56. The van der Waals surface area contributed by atoms with Crippen LogP contribution in [0.3, 0.4) is 0 Å². The fourth-order valence-electron chi connectivity index (χ4n) is 2.90. The van der Waals surface area contributed by atoms with Crippen LogP contribution in [0.4, 0.5) is 0 Å². The summed E-state index contributed by atoms with van der Waals surface area (Å²) in [5.74, 6) is 1.17. The van der Waals surface area contributed by atoms with Gasteiger partial charge in [-0.1, -0.05) is 24.3 Å². The molecule has 0 atom stereocenters. The van der Waals surface area contributed by atoms with Gasteiger partial charge < -0.3 is 5.11 Å². The summed E-state index contributed by atoms with van der Waals surface area (Å²) in [6.45, 7) is 2.50. The predicted octanol–water partition coefficient (Wildman–Crippen LogP) is 3.47. The molecule has 1 aliphatic heterocycles. The topological polar surface area (TPSA) is 49.2 Å². The Labute approximate surface area is 139 Å². The van der Waals surface area contributed by atoms with Gasteiger partial charge in [0, 0.05) is 31.4 Å². The molecule has 0 fully saturated rings. The quantitative estimate of drug-likeness (QED) is 0.802. The van der Waals surface area contributed by atoms with Crippen LogP contribution in [0.5, 0.6) is 5.75 Å². The molecule has 0 bridgehead atoms. The van der Waals surface area contributed by atoms with Gasteiger partial charge in [0.25, 0.3) is 0 Å². The lowest BCUT2D eigenvalue weighted by Gasteiger charge is -2.28. The highest BCUT2D eigenvalue weighted by molar-refractivity contribution is 7.13. The van der Waals surface area contributed by atoms with Gasteiger partial charge >= 0.3 is 0 Å².